The molecular formula is C14H11BrN2O3S. The number of rotatable bonds is 4. The number of amides is 1. The Bertz CT molecular complexity index is 706. The molecule has 1 N–H and O–H groups in total. The smallest absolute Gasteiger partial charge is 0.283 e. The second-order valence-corrected chi connectivity index (χ2v) is 5.87. The number of nitro groups is 1. The summed E-state index contributed by atoms with van der Waals surface area (Å²) in [5.41, 5.74) is 0.801. The van der Waals surface area contributed by atoms with Crippen LogP contribution < -0.4 is 5.32 Å². The normalized spacial score (nSPS) is 10.2. The van der Waals surface area contributed by atoms with Gasteiger partial charge < -0.3 is 5.32 Å². The highest BCUT2D eigenvalue weighted by Crippen LogP contribution is 2.28. The summed E-state index contributed by atoms with van der Waals surface area (Å²) in [6.45, 7) is 0. The first-order chi connectivity index (χ1) is 10.0. The lowest BCUT2D eigenvalue weighted by molar-refractivity contribution is -0.387. The number of carbonyl (C=O) groups excluding carboxylic acids is 1. The van der Waals surface area contributed by atoms with Crippen LogP contribution in [-0.2, 0) is 0 Å². The van der Waals surface area contributed by atoms with Gasteiger partial charge in [0.1, 0.15) is 0 Å². The largest absolute Gasteiger partial charge is 0.322 e. The molecule has 0 saturated carbocycles. The highest BCUT2D eigenvalue weighted by Gasteiger charge is 2.17. The molecule has 2 rings (SSSR count). The molecule has 0 heterocycles. The van der Waals surface area contributed by atoms with E-state index in [1.807, 2.05) is 6.07 Å². The van der Waals surface area contributed by atoms with Crippen LogP contribution in [0.3, 0.4) is 0 Å². The van der Waals surface area contributed by atoms with E-state index in [1.165, 1.54) is 17.8 Å². The van der Waals surface area contributed by atoms with Gasteiger partial charge in [0.2, 0.25) is 0 Å². The maximum atomic E-state index is 12.1. The van der Waals surface area contributed by atoms with Crippen molar-refractivity contribution in [2.45, 2.75) is 4.90 Å². The van der Waals surface area contributed by atoms with E-state index in [9.17, 15) is 14.9 Å². The number of halogens is 1. The molecule has 0 bridgehead atoms. The van der Waals surface area contributed by atoms with E-state index in [1.54, 1.807) is 36.6 Å². The van der Waals surface area contributed by atoms with Gasteiger partial charge in [-0.05, 0) is 36.6 Å². The SMILES string of the molecule is CSc1ccc(C(=O)Nc2cccc(Br)c2)cc1[N+](=O)[O-]. The highest BCUT2D eigenvalue weighted by molar-refractivity contribution is 9.10. The zero-order chi connectivity index (χ0) is 15.4. The monoisotopic (exact) mass is 366 g/mol. The molecule has 0 fully saturated rings. The van der Waals surface area contributed by atoms with Gasteiger partial charge in [-0.15, -0.1) is 11.8 Å². The first-order valence-electron chi connectivity index (χ1n) is 5.90. The van der Waals surface area contributed by atoms with Gasteiger partial charge in [-0.3, -0.25) is 14.9 Å². The molecule has 1 amide bonds. The van der Waals surface area contributed by atoms with Crippen LogP contribution in [0.4, 0.5) is 11.4 Å². The van der Waals surface area contributed by atoms with Crippen LogP contribution in [0, 0.1) is 10.1 Å². The van der Waals surface area contributed by atoms with E-state index in [-0.39, 0.29) is 17.2 Å². The molecule has 0 aromatic heterocycles. The van der Waals surface area contributed by atoms with E-state index in [2.05, 4.69) is 21.2 Å². The Hall–Kier alpha value is -1.86. The van der Waals surface area contributed by atoms with Gasteiger partial charge in [0.15, 0.2) is 0 Å². The predicted molar refractivity (Wildman–Crippen MR) is 87.0 cm³/mol. The first kappa shape index (κ1) is 15.5. The van der Waals surface area contributed by atoms with Crippen molar-refractivity contribution < 1.29 is 9.72 Å². The third-order valence-corrected chi connectivity index (χ3v) is 4.00. The zero-order valence-corrected chi connectivity index (χ0v) is 13.4. The molecule has 7 heteroatoms. The fourth-order valence-corrected chi connectivity index (χ4v) is 2.69. The molecule has 0 unspecified atom stereocenters. The van der Waals surface area contributed by atoms with Crippen LogP contribution >= 0.6 is 27.7 Å². The Balaban J connectivity index is 2.27. The third-order valence-electron chi connectivity index (χ3n) is 2.72. The summed E-state index contributed by atoms with van der Waals surface area (Å²) in [4.78, 5) is 23.2. The lowest BCUT2D eigenvalue weighted by Crippen LogP contribution is -2.12. The second kappa shape index (κ2) is 6.73. The number of nitrogens with one attached hydrogen (secondary N) is 1. The zero-order valence-electron chi connectivity index (χ0n) is 11.0. The van der Waals surface area contributed by atoms with Gasteiger partial charge in [-0.25, -0.2) is 0 Å². The summed E-state index contributed by atoms with van der Waals surface area (Å²) in [5.74, 6) is -0.385. The number of anilines is 1. The van der Waals surface area contributed by atoms with Gasteiger partial charge in [-0.1, -0.05) is 22.0 Å². The molecule has 5 nitrogen and oxygen atoms in total. The molecule has 2 aromatic carbocycles. The minimum absolute atomic E-state index is 0.0654. The molecule has 0 aliphatic carbocycles. The van der Waals surface area contributed by atoms with Crippen LogP contribution in [0.1, 0.15) is 10.4 Å². The van der Waals surface area contributed by atoms with Crippen LogP contribution in [0.5, 0.6) is 0 Å². The number of benzene rings is 2. The molecule has 0 atom stereocenters. The van der Waals surface area contributed by atoms with E-state index in [4.69, 9.17) is 0 Å². The molecule has 0 spiro atoms. The number of nitrogens with zero attached hydrogens (tertiary/aromatic N) is 1. The fraction of sp³-hybridized carbons (Fsp3) is 0.0714. The average molecular weight is 367 g/mol. The van der Waals surface area contributed by atoms with Gasteiger partial charge in [0, 0.05) is 21.8 Å². The van der Waals surface area contributed by atoms with E-state index < -0.39 is 4.92 Å². The molecule has 21 heavy (non-hydrogen) atoms. The van der Waals surface area contributed by atoms with Gasteiger partial charge in [-0.2, -0.15) is 0 Å². The van der Waals surface area contributed by atoms with E-state index in [0.29, 0.717) is 10.6 Å². The van der Waals surface area contributed by atoms with Crippen LogP contribution in [-0.4, -0.2) is 17.1 Å². The second-order valence-electron chi connectivity index (χ2n) is 4.11. The molecule has 0 aliphatic rings. The fourth-order valence-electron chi connectivity index (χ4n) is 1.74. The van der Waals surface area contributed by atoms with Crippen molar-refractivity contribution in [1.82, 2.24) is 0 Å². The Morgan fingerprint density at radius 2 is 2.05 bits per heavy atom. The lowest BCUT2D eigenvalue weighted by Gasteiger charge is -2.07. The molecule has 0 saturated heterocycles. The summed E-state index contributed by atoms with van der Waals surface area (Å²) in [5, 5.41) is 13.7. The molecular weight excluding hydrogens is 356 g/mol. The molecule has 0 aliphatic heterocycles. The van der Waals surface area contributed by atoms with E-state index in [0.717, 1.165) is 4.47 Å². The summed E-state index contributed by atoms with van der Waals surface area (Å²) in [7, 11) is 0. The topological polar surface area (TPSA) is 72.2 Å². The third kappa shape index (κ3) is 3.83. The molecule has 108 valence electrons. The van der Waals surface area contributed by atoms with Crippen molar-refractivity contribution in [3.05, 3.63) is 62.6 Å². The van der Waals surface area contributed by atoms with Crippen molar-refractivity contribution >= 4 is 45.0 Å². The minimum atomic E-state index is -0.484. The Morgan fingerprint density at radius 3 is 2.67 bits per heavy atom. The van der Waals surface area contributed by atoms with Crippen molar-refractivity contribution in [1.29, 1.82) is 0 Å². The minimum Gasteiger partial charge on any atom is -0.322 e. The number of carbonyl (C=O) groups is 1. The summed E-state index contributed by atoms with van der Waals surface area (Å²) < 4.78 is 0.837. The quantitative estimate of drug-likeness (QED) is 0.496. The number of thioether (sulfide) groups is 1. The maximum absolute atomic E-state index is 12.1. The first-order valence-corrected chi connectivity index (χ1v) is 7.92. The lowest BCUT2D eigenvalue weighted by atomic mass is 10.2. The van der Waals surface area contributed by atoms with Crippen molar-refractivity contribution in [3.63, 3.8) is 0 Å². The van der Waals surface area contributed by atoms with Crippen molar-refractivity contribution in [3.8, 4) is 0 Å². The number of nitro benzene ring substituents is 1. The highest BCUT2D eigenvalue weighted by atomic mass is 79.9. The Kier molecular flexibility index (Phi) is 4.98. The average Bonchev–Trinajstić information content (AvgIpc) is 2.46. The summed E-state index contributed by atoms with van der Waals surface area (Å²) in [6, 6.07) is 11.6. The van der Waals surface area contributed by atoms with Crippen molar-refractivity contribution in [2.75, 3.05) is 11.6 Å². The Morgan fingerprint density at radius 1 is 1.29 bits per heavy atom. The number of hydrogen-bond acceptors (Lipinski definition) is 4. The van der Waals surface area contributed by atoms with Crippen LogP contribution in [0.25, 0.3) is 0 Å². The van der Waals surface area contributed by atoms with Gasteiger partial charge >= 0.3 is 0 Å². The predicted octanol–water partition coefficient (Wildman–Crippen LogP) is 4.33. The van der Waals surface area contributed by atoms with E-state index >= 15 is 0 Å². The van der Waals surface area contributed by atoms with Crippen molar-refractivity contribution in [2.24, 2.45) is 0 Å². The maximum Gasteiger partial charge on any atom is 0.283 e. The Labute approximate surface area is 134 Å². The van der Waals surface area contributed by atoms with Gasteiger partial charge in [0.25, 0.3) is 11.6 Å². The summed E-state index contributed by atoms with van der Waals surface area (Å²) >= 11 is 4.59. The molecule has 2 aromatic rings. The van der Waals surface area contributed by atoms with Crippen LogP contribution in [0.2, 0.25) is 0 Å². The standard InChI is InChI=1S/C14H11BrN2O3S/c1-21-13-6-5-9(7-12(13)17(19)20)14(18)16-11-4-2-3-10(15)8-11/h2-8H,1H3,(H,16,18). The van der Waals surface area contributed by atoms with Crippen LogP contribution in [0.15, 0.2) is 51.8 Å². The summed E-state index contributed by atoms with van der Waals surface area (Å²) in [6.07, 6.45) is 1.75. The molecule has 0 radical (unpaired) electrons. The number of hydrogen-bond donors (Lipinski definition) is 1. The van der Waals surface area contributed by atoms with Gasteiger partial charge in [0.05, 0.1) is 9.82 Å².